The Balaban J connectivity index is 2.05. The first-order valence-corrected chi connectivity index (χ1v) is 9.10. The highest BCUT2D eigenvalue weighted by Crippen LogP contribution is 2.33. The maximum atomic E-state index is 12.9. The molecule has 130 valence electrons. The van der Waals surface area contributed by atoms with Crippen LogP contribution in [0.15, 0.2) is 64.8 Å². The summed E-state index contributed by atoms with van der Waals surface area (Å²) in [5.41, 5.74) is 3.30. The van der Waals surface area contributed by atoms with Gasteiger partial charge >= 0.3 is 0 Å². The highest BCUT2D eigenvalue weighted by Gasteiger charge is 2.28. The minimum absolute atomic E-state index is 0.0445. The molecule has 1 aliphatic heterocycles. The van der Waals surface area contributed by atoms with Crippen LogP contribution in [0.1, 0.15) is 32.3 Å². The molecule has 1 heterocycles. The molecule has 1 aromatic rings. The molecule has 25 heavy (non-hydrogen) atoms. The summed E-state index contributed by atoms with van der Waals surface area (Å²) >= 11 is 6.41. The Morgan fingerprint density at radius 1 is 1.40 bits per heavy atom. The number of halogens is 1. The summed E-state index contributed by atoms with van der Waals surface area (Å²) in [7, 11) is 1.84. The third kappa shape index (κ3) is 3.47. The number of carbonyl (C=O) groups is 1. The van der Waals surface area contributed by atoms with Crippen LogP contribution in [0.3, 0.4) is 0 Å². The van der Waals surface area contributed by atoms with E-state index in [0.29, 0.717) is 10.7 Å². The van der Waals surface area contributed by atoms with Crippen molar-refractivity contribution in [2.45, 2.75) is 32.7 Å². The molecule has 0 aromatic heterocycles. The molecule has 0 N–H and O–H groups in total. The second-order valence-electron chi connectivity index (χ2n) is 6.51. The number of aliphatic imine (C=N–C) groups is 1. The van der Waals surface area contributed by atoms with Crippen LogP contribution in [0.5, 0.6) is 0 Å². The average molecular weight is 355 g/mol. The van der Waals surface area contributed by atoms with E-state index in [1.165, 1.54) is 0 Å². The van der Waals surface area contributed by atoms with E-state index in [-0.39, 0.29) is 17.9 Å². The van der Waals surface area contributed by atoms with Gasteiger partial charge in [-0.25, -0.2) is 4.99 Å². The highest BCUT2D eigenvalue weighted by molar-refractivity contribution is 6.35. The lowest BCUT2D eigenvalue weighted by Gasteiger charge is -2.28. The monoisotopic (exact) mass is 354 g/mol. The van der Waals surface area contributed by atoms with Crippen LogP contribution in [0, 0.1) is 5.92 Å². The molecule has 0 saturated heterocycles. The van der Waals surface area contributed by atoms with Gasteiger partial charge in [-0.3, -0.25) is 4.79 Å². The first-order chi connectivity index (χ1) is 12.0. The van der Waals surface area contributed by atoms with Crippen LogP contribution in [0.4, 0.5) is 0 Å². The maximum Gasteiger partial charge on any atom is 0.272 e. The molecule has 4 heteroatoms. The molecule has 0 bridgehead atoms. The number of allylic oxidation sites excluding steroid dienone is 5. The van der Waals surface area contributed by atoms with E-state index in [4.69, 9.17) is 16.6 Å². The van der Waals surface area contributed by atoms with Crippen LogP contribution < -0.4 is 0 Å². The second kappa shape index (κ2) is 7.40. The van der Waals surface area contributed by atoms with E-state index in [9.17, 15) is 4.79 Å². The normalized spacial score (nSPS) is 20.2. The van der Waals surface area contributed by atoms with E-state index in [0.717, 1.165) is 29.7 Å². The molecule has 2 aliphatic rings. The maximum absolute atomic E-state index is 12.9. The smallest absolute Gasteiger partial charge is 0.272 e. The number of fused-ring (bicyclic) bond motifs is 1. The zero-order valence-corrected chi connectivity index (χ0v) is 15.6. The van der Waals surface area contributed by atoms with Gasteiger partial charge in [0, 0.05) is 29.6 Å². The zero-order chi connectivity index (χ0) is 18.0. The van der Waals surface area contributed by atoms with E-state index in [1.807, 2.05) is 44.3 Å². The van der Waals surface area contributed by atoms with Crippen molar-refractivity contribution in [2.75, 3.05) is 7.05 Å². The van der Waals surface area contributed by atoms with Gasteiger partial charge in [0.1, 0.15) is 5.70 Å². The predicted molar refractivity (Wildman–Crippen MR) is 104 cm³/mol. The van der Waals surface area contributed by atoms with Crippen molar-refractivity contribution in [3.8, 4) is 0 Å². The molecular weight excluding hydrogens is 332 g/mol. The Bertz CT molecular complexity index is 804. The van der Waals surface area contributed by atoms with E-state index >= 15 is 0 Å². The van der Waals surface area contributed by atoms with Crippen molar-refractivity contribution in [2.24, 2.45) is 10.9 Å². The van der Waals surface area contributed by atoms with Gasteiger partial charge < -0.3 is 4.90 Å². The van der Waals surface area contributed by atoms with Crippen molar-refractivity contribution >= 4 is 23.2 Å². The third-order valence-electron chi connectivity index (χ3n) is 4.94. The molecule has 2 atom stereocenters. The lowest BCUT2D eigenvalue weighted by atomic mass is 9.84. The summed E-state index contributed by atoms with van der Waals surface area (Å²) in [6, 6.07) is 7.84. The van der Waals surface area contributed by atoms with Crippen LogP contribution >= 0.6 is 11.6 Å². The van der Waals surface area contributed by atoms with Crippen LogP contribution in [0.25, 0.3) is 0 Å². The van der Waals surface area contributed by atoms with E-state index in [1.54, 1.807) is 4.90 Å². The van der Waals surface area contributed by atoms with Gasteiger partial charge in [0.25, 0.3) is 5.91 Å². The largest absolute Gasteiger partial charge is 0.338 e. The van der Waals surface area contributed by atoms with Crippen molar-refractivity contribution in [1.29, 1.82) is 0 Å². The molecule has 0 fully saturated rings. The Kier molecular flexibility index (Phi) is 5.24. The van der Waals surface area contributed by atoms with Gasteiger partial charge in [-0.15, -0.1) is 0 Å². The molecule has 1 aliphatic carbocycles. The summed E-state index contributed by atoms with van der Waals surface area (Å²) in [5, 5.41) is 0.652. The Labute approximate surface area is 154 Å². The summed E-state index contributed by atoms with van der Waals surface area (Å²) < 4.78 is 0. The number of hydrogen-bond acceptors (Lipinski definition) is 2. The first-order valence-electron chi connectivity index (χ1n) is 8.72. The van der Waals surface area contributed by atoms with Gasteiger partial charge in [-0.05, 0) is 37.5 Å². The van der Waals surface area contributed by atoms with Crippen LogP contribution in [-0.4, -0.2) is 29.6 Å². The highest BCUT2D eigenvalue weighted by atomic mass is 35.5. The van der Waals surface area contributed by atoms with Gasteiger partial charge in [0.05, 0.1) is 5.71 Å². The predicted octanol–water partition coefficient (Wildman–Crippen LogP) is 4.79. The fourth-order valence-corrected chi connectivity index (χ4v) is 3.32. The molecule has 0 spiro atoms. The second-order valence-corrected chi connectivity index (χ2v) is 6.92. The van der Waals surface area contributed by atoms with Crippen molar-refractivity contribution in [1.82, 2.24) is 4.90 Å². The number of nitrogens with zero attached hydrogens (tertiary/aromatic N) is 2. The Morgan fingerprint density at radius 2 is 2.16 bits per heavy atom. The van der Waals surface area contributed by atoms with Crippen LogP contribution in [-0.2, 0) is 4.79 Å². The van der Waals surface area contributed by atoms with Crippen molar-refractivity contribution in [3.05, 3.63) is 70.4 Å². The summed E-state index contributed by atoms with van der Waals surface area (Å²) in [4.78, 5) is 19.4. The number of benzene rings is 1. The molecule has 3 nitrogen and oxygen atoms in total. The molecule has 1 amide bonds. The third-order valence-corrected chi connectivity index (χ3v) is 5.27. The molecular formula is C21H23ClN2O. The molecule has 0 radical (unpaired) electrons. The fraction of sp³-hybridized carbons (Fsp3) is 0.333. The lowest BCUT2D eigenvalue weighted by molar-refractivity contribution is -0.127. The number of carbonyl (C=O) groups excluding carboxylic acids is 1. The van der Waals surface area contributed by atoms with Crippen LogP contribution in [0.2, 0.25) is 5.02 Å². The molecule has 3 rings (SSSR count). The molecule has 0 saturated carbocycles. The standard InChI is InChI=1S/C21H23ClN2O/c1-4-14(2)24(3)21(25)19-13-15-9-5-6-10-16(15)20(23-19)17-11-7-8-12-18(17)22/h5,7-15H,4,6H2,1-3H3. The zero-order valence-electron chi connectivity index (χ0n) is 14.9. The van der Waals surface area contributed by atoms with Crippen molar-refractivity contribution < 1.29 is 4.79 Å². The lowest BCUT2D eigenvalue weighted by Crippen LogP contribution is -2.36. The Hall–Kier alpha value is -2.13. The summed E-state index contributed by atoms with van der Waals surface area (Å²) in [6.45, 7) is 4.12. The minimum Gasteiger partial charge on any atom is -0.338 e. The van der Waals surface area contributed by atoms with Gasteiger partial charge in [0.2, 0.25) is 0 Å². The quantitative estimate of drug-likeness (QED) is 0.716. The van der Waals surface area contributed by atoms with E-state index in [2.05, 4.69) is 25.2 Å². The van der Waals surface area contributed by atoms with E-state index < -0.39 is 0 Å². The Morgan fingerprint density at radius 3 is 2.88 bits per heavy atom. The SMILES string of the molecule is CCC(C)N(C)C(=O)C1=CC2C=CCC=C2C(c2ccccc2Cl)=N1. The number of rotatable bonds is 4. The van der Waals surface area contributed by atoms with Gasteiger partial charge in [-0.1, -0.05) is 55.0 Å². The van der Waals surface area contributed by atoms with Gasteiger partial charge in [0.15, 0.2) is 0 Å². The number of hydrogen-bond donors (Lipinski definition) is 0. The molecule has 1 aromatic carbocycles. The first kappa shape index (κ1) is 17.7. The summed E-state index contributed by atoms with van der Waals surface area (Å²) in [6.07, 6.45) is 10.2. The average Bonchev–Trinajstić information content (AvgIpc) is 2.65. The van der Waals surface area contributed by atoms with Crippen molar-refractivity contribution in [3.63, 3.8) is 0 Å². The molecule has 2 unspecified atom stereocenters. The minimum atomic E-state index is -0.0445. The fourth-order valence-electron chi connectivity index (χ4n) is 3.09. The summed E-state index contributed by atoms with van der Waals surface area (Å²) in [5.74, 6) is 0.0266. The topological polar surface area (TPSA) is 32.7 Å². The number of likely N-dealkylation sites (N-methyl/N-ethyl adjacent to an activating group) is 1. The van der Waals surface area contributed by atoms with Gasteiger partial charge in [-0.2, -0.15) is 0 Å². The number of amides is 1.